The first-order valence-electron chi connectivity index (χ1n) is 14.6. The lowest BCUT2D eigenvalue weighted by molar-refractivity contribution is -0.154. The third kappa shape index (κ3) is 10.6. The molecule has 0 radical (unpaired) electrons. The summed E-state index contributed by atoms with van der Waals surface area (Å²) >= 11 is 0. The minimum Gasteiger partial charge on any atom is -0.480 e. The highest BCUT2D eigenvalue weighted by atomic mass is 16.4. The van der Waals surface area contributed by atoms with Crippen molar-refractivity contribution in [1.82, 2.24) is 15.1 Å². The minimum atomic E-state index is -1.27. The lowest BCUT2D eigenvalue weighted by Gasteiger charge is -2.30. The summed E-state index contributed by atoms with van der Waals surface area (Å²) in [7, 11) is 0. The van der Waals surface area contributed by atoms with E-state index in [0.29, 0.717) is 25.8 Å². The molecule has 1 unspecified atom stereocenters. The van der Waals surface area contributed by atoms with E-state index in [9.17, 15) is 29.4 Å². The van der Waals surface area contributed by atoms with Crippen LogP contribution in [0.4, 0.5) is 0 Å². The molecule has 0 saturated carbocycles. The van der Waals surface area contributed by atoms with Crippen LogP contribution in [0.2, 0.25) is 0 Å². The van der Waals surface area contributed by atoms with Crippen molar-refractivity contribution in [3.05, 3.63) is 0 Å². The number of hydrogen-bond donors (Lipinski definition) is 3. The van der Waals surface area contributed by atoms with Crippen LogP contribution in [0.25, 0.3) is 0 Å². The Morgan fingerprint density at radius 3 is 1.92 bits per heavy atom. The van der Waals surface area contributed by atoms with Crippen molar-refractivity contribution >= 4 is 23.7 Å². The lowest BCUT2D eigenvalue weighted by atomic mass is 10.0. The van der Waals surface area contributed by atoms with Gasteiger partial charge < -0.3 is 25.3 Å². The molecule has 2 aliphatic heterocycles. The molecule has 212 valence electrons. The number of carbonyl (C=O) groups excluding carboxylic acids is 3. The van der Waals surface area contributed by atoms with E-state index in [-0.39, 0.29) is 31.3 Å². The number of likely N-dealkylation sites (tertiary alicyclic amines) is 2. The molecule has 0 aromatic heterocycles. The molecular weight excluding hydrogens is 474 g/mol. The zero-order chi connectivity index (χ0) is 27.0. The maximum Gasteiger partial charge on any atom is 0.329 e. The maximum absolute atomic E-state index is 13.0. The predicted molar refractivity (Wildman–Crippen MR) is 142 cm³/mol. The number of aliphatic carboxylic acids is 1. The summed E-state index contributed by atoms with van der Waals surface area (Å²) < 4.78 is 0. The number of unbranched alkanes of at least 4 members (excludes halogenated alkanes) is 12. The molecule has 9 nitrogen and oxygen atoms in total. The fraction of sp³-hybridized carbons (Fsp3) is 0.857. The SMILES string of the molecule is CCCCCCCCCCCCCCCC(=O)NCC(=O)N1CCC[C@H]1C(=O)N1CCC(O)[C@H]1C(=O)O. The first-order valence-corrected chi connectivity index (χ1v) is 14.6. The van der Waals surface area contributed by atoms with Crippen molar-refractivity contribution in [3.8, 4) is 0 Å². The molecule has 3 N–H and O–H groups in total. The van der Waals surface area contributed by atoms with Crippen LogP contribution in [0.15, 0.2) is 0 Å². The largest absolute Gasteiger partial charge is 0.480 e. The van der Waals surface area contributed by atoms with Gasteiger partial charge in [-0.05, 0) is 25.7 Å². The Balaban J connectivity index is 1.56. The van der Waals surface area contributed by atoms with E-state index >= 15 is 0 Å². The molecule has 2 aliphatic rings. The average Bonchev–Trinajstić information content (AvgIpc) is 3.52. The van der Waals surface area contributed by atoms with Crippen LogP contribution >= 0.6 is 0 Å². The molecule has 3 atom stereocenters. The molecule has 2 rings (SSSR count). The molecule has 0 aromatic rings. The maximum atomic E-state index is 13.0. The zero-order valence-electron chi connectivity index (χ0n) is 22.8. The van der Waals surface area contributed by atoms with Crippen LogP contribution in [0.5, 0.6) is 0 Å². The van der Waals surface area contributed by atoms with E-state index in [1.54, 1.807) is 0 Å². The van der Waals surface area contributed by atoms with Crippen LogP contribution in [0.1, 0.15) is 116 Å². The van der Waals surface area contributed by atoms with Gasteiger partial charge in [-0.15, -0.1) is 0 Å². The van der Waals surface area contributed by atoms with Gasteiger partial charge in [0, 0.05) is 19.5 Å². The monoisotopic (exact) mass is 523 g/mol. The normalized spacial score (nSPS) is 21.4. The van der Waals surface area contributed by atoms with E-state index < -0.39 is 30.1 Å². The molecule has 0 spiro atoms. The van der Waals surface area contributed by atoms with Crippen molar-refractivity contribution in [1.29, 1.82) is 0 Å². The van der Waals surface area contributed by atoms with E-state index in [2.05, 4.69) is 12.2 Å². The summed E-state index contributed by atoms with van der Waals surface area (Å²) in [6.07, 6.45) is 16.7. The Morgan fingerprint density at radius 2 is 1.35 bits per heavy atom. The van der Waals surface area contributed by atoms with Gasteiger partial charge in [0.05, 0.1) is 12.6 Å². The quantitative estimate of drug-likeness (QED) is 0.236. The zero-order valence-corrected chi connectivity index (χ0v) is 22.8. The first kappa shape index (κ1) is 31.1. The highest BCUT2D eigenvalue weighted by Crippen LogP contribution is 2.25. The molecule has 2 fully saturated rings. The van der Waals surface area contributed by atoms with Crippen molar-refractivity contribution in [2.24, 2.45) is 0 Å². The van der Waals surface area contributed by atoms with E-state index in [4.69, 9.17) is 0 Å². The highest BCUT2D eigenvalue weighted by molar-refractivity contribution is 5.93. The molecule has 0 aliphatic carbocycles. The Kier molecular flexibility index (Phi) is 14.6. The van der Waals surface area contributed by atoms with Crippen LogP contribution in [-0.4, -0.2) is 81.5 Å². The number of carboxylic acid groups (broad SMARTS) is 1. The van der Waals surface area contributed by atoms with Gasteiger partial charge in [0.1, 0.15) is 6.04 Å². The first-order chi connectivity index (χ1) is 17.9. The summed E-state index contributed by atoms with van der Waals surface area (Å²) in [5.74, 6) is -2.17. The van der Waals surface area contributed by atoms with Crippen molar-refractivity contribution in [2.75, 3.05) is 19.6 Å². The second kappa shape index (κ2) is 17.4. The molecule has 0 bridgehead atoms. The topological polar surface area (TPSA) is 127 Å². The number of rotatable bonds is 18. The Labute approximate surface area is 222 Å². The van der Waals surface area contributed by atoms with Crippen LogP contribution in [0.3, 0.4) is 0 Å². The summed E-state index contributed by atoms with van der Waals surface area (Å²) in [6, 6.07) is -2.01. The fourth-order valence-corrected chi connectivity index (χ4v) is 5.50. The molecule has 37 heavy (non-hydrogen) atoms. The van der Waals surface area contributed by atoms with Gasteiger partial charge >= 0.3 is 5.97 Å². The van der Waals surface area contributed by atoms with Gasteiger partial charge in [0.15, 0.2) is 6.04 Å². The van der Waals surface area contributed by atoms with E-state index in [0.717, 1.165) is 19.3 Å². The fourth-order valence-electron chi connectivity index (χ4n) is 5.50. The third-order valence-corrected chi connectivity index (χ3v) is 7.70. The number of aliphatic hydroxyl groups is 1. The summed E-state index contributed by atoms with van der Waals surface area (Å²) in [6.45, 7) is 2.64. The van der Waals surface area contributed by atoms with Gasteiger partial charge in [0.2, 0.25) is 17.7 Å². The number of amides is 3. The second-order valence-corrected chi connectivity index (χ2v) is 10.7. The van der Waals surface area contributed by atoms with Gasteiger partial charge in [0.25, 0.3) is 0 Å². The Hall–Kier alpha value is -2.16. The summed E-state index contributed by atoms with van der Waals surface area (Å²) in [5, 5.41) is 22.0. The van der Waals surface area contributed by atoms with Crippen LogP contribution in [0, 0.1) is 0 Å². The van der Waals surface area contributed by atoms with E-state index in [1.165, 1.54) is 74.0 Å². The molecule has 2 heterocycles. The standard InChI is InChI=1S/C28H49N3O6/c1-2-3-4-5-6-7-8-9-10-11-12-13-14-17-24(33)29-21-25(34)30-19-15-16-22(30)27(35)31-20-18-23(32)26(31)28(36)37/h22-23,26,32H,2-21H2,1H3,(H,29,33)(H,36,37)/t22-,23?,26-/m0/s1. The highest BCUT2D eigenvalue weighted by Gasteiger charge is 2.45. The van der Waals surface area contributed by atoms with Crippen LogP contribution < -0.4 is 5.32 Å². The molecule has 0 aromatic carbocycles. The lowest BCUT2D eigenvalue weighted by Crippen LogP contribution is -2.53. The number of carboxylic acids is 1. The van der Waals surface area contributed by atoms with Gasteiger partial charge in [-0.3, -0.25) is 14.4 Å². The van der Waals surface area contributed by atoms with Crippen molar-refractivity contribution in [2.45, 2.75) is 134 Å². The van der Waals surface area contributed by atoms with E-state index in [1.807, 2.05) is 0 Å². The second-order valence-electron chi connectivity index (χ2n) is 10.7. The van der Waals surface area contributed by atoms with Crippen LogP contribution in [-0.2, 0) is 19.2 Å². The number of hydrogen-bond acceptors (Lipinski definition) is 5. The average molecular weight is 524 g/mol. The smallest absolute Gasteiger partial charge is 0.329 e. The number of nitrogens with one attached hydrogen (secondary N) is 1. The number of nitrogens with zero attached hydrogens (tertiary/aromatic N) is 2. The minimum absolute atomic E-state index is 0.158. The third-order valence-electron chi connectivity index (χ3n) is 7.70. The number of carbonyl (C=O) groups is 4. The predicted octanol–water partition coefficient (Wildman–Crippen LogP) is 3.62. The number of aliphatic hydroxyl groups excluding tert-OH is 1. The Morgan fingerprint density at radius 1 is 0.784 bits per heavy atom. The van der Waals surface area contributed by atoms with Gasteiger partial charge in [-0.25, -0.2) is 4.79 Å². The summed E-state index contributed by atoms with van der Waals surface area (Å²) in [4.78, 5) is 52.0. The van der Waals surface area contributed by atoms with Gasteiger partial charge in [-0.1, -0.05) is 84.0 Å². The molecule has 9 heteroatoms. The molecule has 3 amide bonds. The Bertz CT molecular complexity index is 731. The molecule has 2 saturated heterocycles. The van der Waals surface area contributed by atoms with Crippen molar-refractivity contribution < 1.29 is 29.4 Å². The van der Waals surface area contributed by atoms with Crippen molar-refractivity contribution in [3.63, 3.8) is 0 Å². The summed E-state index contributed by atoms with van der Waals surface area (Å²) in [5.41, 5.74) is 0. The van der Waals surface area contributed by atoms with Gasteiger partial charge in [-0.2, -0.15) is 0 Å². The molecular formula is C28H49N3O6.